The van der Waals surface area contributed by atoms with Gasteiger partial charge in [-0.05, 0) is 18.2 Å². The number of hydrogen-bond donors (Lipinski definition) is 1. The van der Waals surface area contributed by atoms with Crippen molar-refractivity contribution in [2.24, 2.45) is 0 Å². The Morgan fingerprint density at radius 3 is 2.69 bits per heavy atom. The Bertz CT molecular complexity index is 553. The molecule has 0 bridgehead atoms. The molecule has 0 unspecified atom stereocenters. The minimum absolute atomic E-state index is 0.147. The van der Waals surface area contributed by atoms with Crippen LogP contribution in [0.2, 0.25) is 10.0 Å². The third kappa shape index (κ3) is 2.00. The van der Waals surface area contributed by atoms with Gasteiger partial charge >= 0.3 is 5.97 Å². The Morgan fingerprint density at radius 2 is 2.12 bits per heavy atom. The molecule has 16 heavy (non-hydrogen) atoms. The highest BCUT2D eigenvalue weighted by molar-refractivity contribution is 6.35. The summed E-state index contributed by atoms with van der Waals surface area (Å²) in [5.74, 6) is -1.14. The van der Waals surface area contributed by atoms with Crippen molar-refractivity contribution in [1.29, 1.82) is 0 Å². The van der Waals surface area contributed by atoms with E-state index in [0.717, 1.165) is 11.0 Å². The fraction of sp³-hybridized carbons (Fsp3) is 0. The van der Waals surface area contributed by atoms with Crippen LogP contribution >= 0.6 is 23.2 Å². The second-order valence-electron chi connectivity index (χ2n) is 2.92. The molecule has 2 aromatic rings. The van der Waals surface area contributed by atoms with E-state index in [1.807, 2.05) is 0 Å². The molecule has 5 nitrogen and oxygen atoms in total. The molecule has 1 aromatic carbocycles. The minimum Gasteiger partial charge on any atom is -0.476 e. The van der Waals surface area contributed by atoms with Crippen LogP contribution in [0.15, 0.2) is 24.4 Å². The molecular formula is C9H5Cl2N3O2. The zero-order valence-corrected chi connectivity index (χ0v) is 9.27. The van der Waals surface area contributed by atoms with Gasteiger partial charge in [-0.3, -0.25) is 0 Å². The largest absolute Gasteiger partial charge is 0.476 e. The van der Waals surface area contributed by atoms with Crippen molar-refractivity contribution in [3.05, 3.63) is 40.1 Å². The summed E-state index contributed by atoms with van der Waals surface area (Å²) in [6.45, 7) is 0. The predicted octanol–water partition coefficient (Wildman–Crippen LogP) is 2.27. The molecule has 0 aliphatic carbocycles. The fourth-order valence-corrected chi connectivity index (χ4v) is 1.60. The molecule has 0 atom stereocenters. The maximum atomic E-state index is 10.6. The summed E-state index contributed by atoms with van der Waals surface area (Å²) in [5.41, 5.74) is 0.324. The van der Waals surface area contributed by atoms with Crippen molar-refractivity contribution in [2.75, 3.05) is 0 Å². The molecule has 0 spiro atoms. The number of carboxylic acid groups (broad SMARTS) is 1. The molecule has 1 N–H and O–H groups in total. The van der Waals surface area contributed by atoms with E-state index >= 15 is 0 Å². The van der Waals surface area contributed by atoms with E-state index in [4.69, 9.17) is 28.3 Å². The van der Waals surface area contributed by atoms with Crippen molar-refractivity contribution in [1.82, 2.24) is 15.0 Å². The Labute approximate surface area is 100 Å². The number of nitrogens with zero attached hydrogens (tertiary/aromatic N) is 3. The minimum atomic E-state index is -1.14. The van der Waals surface area contributed by atoms with Crippen molar-refractivity contribution >= 4 is 29.2 Å². The lowest BCUT2D eigenvalue weighted by atomic mass is 10.3. The van der Waals surface area contributed by atoms with E-state index in [1.165, 1.54) is 6.07 Å². The second kappa shape index (κ2) is 4.11. The van der Waals surface area contributed by atoms with Crippen LogP contribution in [0.25, 0.3) is 5.69 Å². The van der Waals surface area contributed by atoms with E-state index in [1.54, 1.807) is 12.1 Å². The highest BCUT2D eigenvalue weighted by Crippen LogP contribution is 2.23. The Kier molecular flexibility index (Phi) is 2.80. The van der Waals surface area contributed by atoms with Gasteiger partial charge < -0.3 is 5.11 Å². The SMILES string of the molecule is O=C(O)c1cnn(-c2ccc(Cl)cc2Cl)n1. The summed E-state index contributed by atoms with van der Waals surface area (Å²) in [4.78, 5) is 11.8. The van der Waals surface area contributed by atoms with Gasteiger partial charge in [-0.15, -0.1) is 9.90 Å². The first-order valence-corrected chi connectivity index (χ1v) is 4.94. The van der Waals surface area contributed by atoms with Gasteiger partial charge in [-0.25, -0.2) is 4.79 Å². The van der Waals surface area contributed by atoms with Crippen molar-refractivity contribution in [3.8, 4) is 5.69 Å². The zero-order valence-electron chi connectivity index (χ0n) is 7.76. The molecule has 1 heterocycles. The van der Waals surface area contributed by atoms with Crippen LogP contribution < -0.4 is 0 Å². The number of carbonyl (C=O) groups is 1. The van der Waals surface area contributed by atoms with Crippen LogP contribution in [0.4, 0.5) is 0 Å². The smallest absolute Gasteiger partial charge is 0.358 e. The summed E-state index contributed by atoms with van der Waals surface area (Å²) >= 11 is 11.7. The molecule has 0 radical (unpaired) electrons. The summed E-state index contributed by atoms with van der Waals surface area (Å²) < 4.78 is 0. The zero-order chi connectivity index (χ0) is 11.7. The molecule has 7 heteroatoms. The monoisotopic (exact) mass is 257 g/mol. The van der Waals surface area contributed by atoms with Gasteiger partial charge in [-0.2, -0.15) is 5.10 Å². The molecule has 2 rings (SSSR count). The third-order valence-corrected chi connectivity index (χ3v) is 2.37. The average molecular weight is 258 g/mol. The summed E-state index contributed by atoms with van der Waals surface area (Å²) in [6.07, 6.45) is 1.15. The van der Waals surface area contributed by atoms with Gasteiger partial charge in [0.15, 0.2) is 5.69 Å². The molecule has 0 saturated heterocycles. The van der Waals surface area contributed by atoms with E-state index in [2.05, 4.69) is 10.2 Å². The highest BCUT2D eigenvalue weighted by Gasteiger charge is 2.11. The first-order chi connectivity index (χ1) is 7.58. The first kappa shape index (κ1) is 10.9. The molecule has 1 aromatic heterocycles. The molecule has 0 fully saturated rings. The summed E-state index contributed by atoms with van der Waals surface area (Å²) in [6, 6.07) is 4.76. The molecule has 0 aliphatic heterocycles. The van der Waals surface area contributed by atoms with Gasteiger partial charge in [-0.1, -0.05) is 23.2 Å². The highest BCUT2D eigenvalue weighted by atomic mass is 35.5. The van der Waals surface area contributed by atoms with Crippen LogP contribution in [-0.2, 0) is 0 Å². The lowest BCUT2D eigenvalue weighted by Gasteiger charge is -2.02. The normalized spacial score (nSPS) is 10.4. The molecule has 0 amide bonds. The number of rotatable bonds is 2. The molecular weight excluding hydrogens is 253 g/mol. The molecule has 82 valence electrons. The Morgan fingerprint density at radius 1 is 1.38 bits per heavy atom. The van der Waals surface area contributed by atoms with Crippen molar-refractivity contribution in [2.45, 2.75) is 0 Å². The van der Waals surface area contributed by atoms with E-state index in [0.29, 0.717) is 15.7 Å². The van der Waals surface area contributed by atoms with Crippen molar-refractivity contribution < 1.29 is 9.90 Å². The van der Waals surface area contributed by atoms with E-state index in [-0.39, 0.29) is 5.69 Å². The van der Waals surface area contributed by atoms with Crippen LogP contribution in [0.5, 0.6) is 0 Å². The third-order valence-electron chi connectivity index (χ3n) is 1.84. The summed E-state index contributed by atoms with van der Waals surface area (Å²) in [5, 5.41) is 17.1. The Balaban J connectivity index is 2.46. The number of halogens is 2. The second-order valence-corrected chi connectivity index (χ2v) is 3.76. The maximum absolute atomic E-state index is 10.6. The standard InChI is InChI=1S/C9H5Cl2N3O2/c10-5-1-2-8(6(11)3-5)14-12-4-7(13-14)9(15)16/h1-4H,(H,15,16). The number of carboxylic acids is 1. The average Bonchev–Trinajstić information content (AvgIpc) is 2.66. The lowest BCUT2D eigenvalue weighted by Crippen LogP contribution is -2.02. The topological polar surface area (TPSA) is 68.0 Å². The quantitative estimate of drug-likeness (QED) is 0.897. The molecule has 0 aliphatic rings. The number of aromatic nitrogens is 3. The Hall–Kier alpha value is -1.59. The van der Waals surface area contributed by atoms with Gasteiger partial charge in [0.25, 0.3) is 0 Å². The van der Waals surface area contributed by atoms with Gasteiger partial charge in [0, 0.05) is 5.02 Å². The van der Waals surface area contributed by atoms with Gasteiger partial charge in [0.2, 0.25) is 0 Å². The maximum Gasteiger partial charge on any atom is 0.358 e. The first-order valence-electron chi connectivity index (χ1n) is 4.19. The van der Waals surface area contributed by atoms with Crippen LogP contribution in [-0.4, -0.2) is 26.1 Å². The number of benzene rings is 1. The number of aromatic carboxylic acids is 1. The van der Waals surface area contributed by atoms with Gasteiger partial charge in [0.1, 0.15) is 5.69 Å². The summed E-state index contributed by atoms with van der Waals surface area (Å²) in [7, 11) is 0. The van der Waals surface area contributed by atoms with Crippen molar-refractivity contribution in [3.63, 3.8) is 0 Å². The van der Waals surface area contributed by atoms with Gasteiger partial charge in [0.05, 0.1) is 11.2 Å². The molecule has 0 saturated carbocycles. The fourth-order valence-electron chi connectivity index (χ4n) is 1.12. The van der Waals surface area contributed by atoms with Crippen LogP contribution in [0, 0.1) is 0 Å². The van der Waals surface area contributed by atoms with E-state index < -0.39 is 5.97 Å². The predicted molar refractivity (Wildman–Crippen MR) is 58.3 cm³/mol. The van der Waals surface area contributed by atoms with Crippen LogP contribution in [0.3, 0.4) is 0 Å². The van der Waals surface area contributed by atoms with Crippen LogP contribution in [0.1, 0.15) is 10.5 Å². The lowest BCUT2D eigenvalue weighted by molar-refractivity contribution is 0.0690. The number of hydrogen-bond acceptors (Lipinski definition) is 3. The van der Waals surface area contributed by atoms with E-state index in [9.17, 15) is 4.79 Å².